The molecule has 0 N–H and O–H groups in total. The third-order valence-electron chi connectivity index (χ3n) is 3.64. The number of rotatable bonds is 6. The Labute approximate surface area is 131 Å². The van der Waals surface area contributed by atoms with Crippen molar-refractivity contribution in [3.8, 4) is 11.8 Å². The number of fused-ring (bicyclic) bond motifs is 1. The molecule has 0 saturated heterocycles. The molecule has 0 aromatic heterocycles. The number of hydrogen-bond acceptors (Lipinski definition) is 2. The first-order valence-corrected chi connectivity index (χ1v) is 7.71. The van der Waals surface area contributed by atoms with Crippen molar-refractivity contribution in [2.45, 2.75) is 32.6 Å². The SMILES string of the molecule is CC(C)(C#N)CCCOc1ccc2ccccc2c1CCl. The molecule has 3 heteroatoms. The molecule has 0 amide bonds. The average Bonchev–Trinajstić information content (AvgIpc) is 2.51. The summed E-state index contributed by atoms with van der Waals surface area (Å²) in [6.07, 6.45) is 1.68. The highest BCUT2D eigenvalue weighted by Gasteiger charge is 2.16. The maximum Gasteiger partial charge on any atom is 0.124 e. The fourth-order valence-electron chi connectivity index (χ4n) is 2.34. The summed E-state index contributed by atoms with van der Waals surface area (Å²) in [4.78, 5) is 0. The van der Waals surface area contributed by atoms with Gasteiger partial charge in [-0.3, -0.25) is 0 Å². The molecule has 0 aliphatic rings. The van der Waals surface area contributed by atoms with Gasteiger partial charge in [0.2, 0.25) is 0 Å². The Morgan fingerprint density at radius 3 is 2.67 bits per heavy atom. The first-order valence-electron chi connectivity index (χ1n) is 7.18. The van der Waals surface area contributed by atoms with Gasteiger partial charge in [0.05, 0.1) is 24.0 Å². The second-order valence-corrected chi connectivity index (χ2v) is 6.11. The summed E-state index contributed by atoms with van der Waals surface area (Å²) in [6, 6.07) is 14.5. The van der Waals surface area contributed by atoms with Crippen molar-refractivity contribution in [2.24, 2.45) is 5.41 Å². The van der Waals surface area contributed by atoms with Gasteiger partial charge in [-0.2, -0.15) is 5.26 Å². The maximum atomic E-state index is 9.00. The second kappa shape index (κ2) is 6.83. The Bertz CT molecular complexity index is 658. The standard InChI is InChI=1S/C18H20ClNO/c1-18(2,13-20)10-5-11-21-17-9-8-14-6-3-4-7-15(14)16(17)12-19/h3-4,6-9H,5,10-12H2,1-2H3. The van der Waals surface area contributed by atoms with Gasteiger partial charge in [0, 0.05) is 5.56 Å². The summed E-state index contributed by atoms with van der Waals surface area (Å²) in [5.74, 6) is 1.28. The monoisotopic (exact) mass is 301 g/mol. The summed E-state index contributed by atoms with van der Waals surface area (Å²) < 4.78 is 5.88. The van der Waals surface area contributed by atoms with Crippen LogP contribution in [-0.4, -0.2) is 6.61 Å². The molecule has 0 spiro atoms. The Morgan fingerprint density at radius 2 is 1.95 bits per heavy atom. The van der Waals surface area contributed by atoms with E-state index in [0.717, 1.165) is 29.5 Å². The highest BCUT2D eigenvalue weighted by atomic mass is 35.5. The van der Waals surface area contributed by atoms with Gasteiger partial charge in [-0.15, -0.1) is 11.6 Å². The minimum absolute atomic E-state index is 0.290. The van der Waals surface area contributed by atoms with Gasteiger partial charge >= 0.3 is 0 Å². The van der Waals surface area contributed by atoms with Crippen LogP contribution in [-0.2, 0) is 5.88 Å². The van der Waals surface area contributed by atoms with E-state index in [2.05, 4.69) is 24.3 Å². The molecular formula is C18H20ClNO. The molecule has 0 radical (unpaired) electrons. The van der Waals surface area contributed by atoms with E-state index in [1.807, 2.05) is 32.0 Å². The van der Waals surface area contributed by atoms with Gasteiger partial charge in [-0.05, 0) is 43.5 Å². The van der Waals surface area contributed by atoms with Crippen LogP contribution in [0, 0.1) is 16.7 Å². The number of benzene rings is 2. The lowest BCUT2D eigenvalue weighted by molar-refractivity contribution is 0.283. The first kappa shape index (κ1) is 15.7. The van der Waals surface area contributed by atoms with Crippen LogP contribution in [0.5, 0.6) is 5.75 Å². The fourth-order valence-corrected chi connectivity index (χ4v) is 2.62. The first-order chi connectivity index (χ1) is 10.1. The third kappa shape index (κ3) is 3.89. The Hall–Kier alpha value is -1.72. The van der Waals surface area contributed by atoms with E-state index >= 15 is 0 Å². The molecule has 21 heavy (non-hydrogen) atoms. The van der Waals surface area contributed by atoms with Gasteiger partial charge in [0.25, 0.3) is 0 Å². The predicted molar refractivity (Wildman–Crippen MR) is 87.6 cm³/mol. The van der Waals surface area contributed by atoms with E-state index in [0.29, 0.717) is 12.5 Å². The van der Waals surface area contributed by atoms with Gasteiger partial charge in [0.15, 0.2) is 0 Å². The highest BCUT2D eigenvalue weighted by Crippen LogP contribution is 2.30. The average molecular weight is 302 g/mol. The number of alkyl halides is 1. The number of halogens is 1. The molecule has 0 heterocycles. The zero-order chi connectivity index (χ0) is 15.3. The van der Waals surface area contributed by atoms with Crippen molar-refractivity contribution in [3.63, 3.8) is 0 Å². The molecule has 2 aromatic rings. The van der Waals surface area contributed by atoms with Crippen LogP contribution in [0.15, 0.2) is 36.4 Å². The lowest BCUT2D eigenvalue weighted by atomic mass is 9.90. The van der Waals surface area contributed by atoms with E-state index in [1.54, 1.807) is 0 Å². The predicted octanol–water partition coefficient (Wildman–Crippen LogP) is 5.29. The Morgan fingerprint density at radius 1 is 1.19 bits per heavy atom. The summed E-state index contributed by atoms with van der Waals surface area (Å²) in [6.45, 7) is 4.51. The zero-order valence-corrected chi connectivity index (χ0v) is 13.3. The molecule has 0 aliphatic heterocycles. The summed E-state index contributed by atoms with van der Waals surface area (Å²) in [7, 11) is 0. The number of ether oxygens (including phenoxy) is 1. The van der Waals surface area contributed by atoms with Gasteiger partial charge in [-0.1, -0.05) is 30.3 Å². The van der Waals surface area contributed by atoms with E-state index in [4.69, 9.17) is 21.6 Å². The smallest absolute Gasteiger partial charge is 0.124 e. The van der Waals surface area contributed by atoms with Crippen LogP contribution in [0.4, 0.5) is 0 Å². The van der Waals surface area contributed by atoms with E-state index in [-0.39, 0.29) is 5.41 Å². The Balaban J connectivity index is 2.07. The lowest BCUT2D eigenvalue weighted by Gasteiger charge is -2.16. The molecular weight excluding hydrogens is 282 g/mol. The highest BCUT2D eigenvalue weighted by molar-refractivity contribution is 6.18. The van der Waals surface area contributed by atoms with Crippen LogP contribution in [0.25, 0.3) is 10.8 Å². The molecule has 0 bridgehead atoms. The molecule has 2 rings (SSSR count). The maximum absolute atomic E-state index is 9.00. The summed E-state index contributed by atoms with van der Waals surface area (Å²) in [5.41, 5.74) is 0.747. The number of hydrogen-bond donors (Lipinski definition) is 0. The van der Waals surface area contributed by atoms with Crippen molar-refractivity contribution in [1.82, 2.24) is 0 Å². The fraction of sp³-hybridized carbons (Fsp3) is 0.389. The summed E-state index contributed by atoms with van der Waals surface area (Å²) >= 11 is 6.10. The van der Waals surface area contributed by atoms with Crippen LogP contribution in [0.2, 0.25) is 0 Å². The quantitative estimate of drug-likeness (QED) is 0.536. The minimum atomic E-state index is -0.290. The molecule has 0 fully saturated rings. The normalized spacial score (nSPS) is 11.3. The largest absolute Gasteiger partial charge is 0.493 e. The van der Waals surface area contributed by atoms with Crippen LogP contribution in [0.3, 0.4) is 0 Å². The van der Waals surface area contributed by atoms with Gasteiger partial charge in [0.1, 0.15) is 5.75 Å². The molecule has 110 valence electrons. The van der Waals surface area contributed by atoms with Gasteiger partial charge in [-0.25, -0.2) is 0 Å². The topological polar surface area (TPSA) is 33.0 Å². The molecule has 2 nitrogen and oxygen atoms in total. The van der Waals surface area contributed by atoms with Crippen molar-refractivity contribution in [2.75, 3.05) is 6.61 Å². The van der Waals surface area contributed by atoms with Crippen LogP contribution < -0.4 is 4.74 Å². The van der Waals surface area contributed by atoms with Crippen LogP contribution in [0.1, 0.15) is 32.3 Å². The zero-order valence-electron chi connectivity index (χ0n) is 12.5. The molecule has 0 aliphatic carbocycles. The van der Waals surface area contributed by atoms with Gasteiger partial charge < -0.3 is 4.74 Å². The van der Waals surface area contributed by atoms with Crippen molar-refractivity contribution in [1.29, 1.82) is 5.26 Å². The third-order valence-corrected chi connectivity index (χ3v) is 3.90. The number of nitriles is 1. The Kier molecular flexibility index (Phi) is 5.09. The second-order valence-electron chi connectivity index (χ2n) is 5.84. The molecule has 0 atom stereocenters. The number of nitrogens with zero attached hydrogens (tertiary/aromatic N) is 1. The molecule has 0 unspecified atom stereocenters. The lowest BCUT2D eigenvalue weighted by Crippen LogP contribution is -2.10. The molecule has 0 saturated carbocycles. The van der Waals surface area contributed by atoms with E-state index in [1.165, 1.54) is 5.39 Å². The van der Waals surface area contributed by atoms with Crippen LogP contribution >= 0.6 is 11.6 Å². The molecule has 2 aromatic carbocycles. The van der Waals surface area contributed by atoms with Crippen molar-refractivity contribution in [3.05, 3.63) is 42.0 Å². The minimum Gasteiger partial charge on any atom is -0.493 e. The van der Waals surface area contributed by atoms with Crippen molar-refractivity contribution < 1.29 is 4.74 Å². The van der Waals surface area contributed by atoms with E-state index < -0.39 is 0 Å². The summed E-state index contributed by atoms with van der Waals surface area (Å²) in [5, 5.41) is 11.3. The van der Waals surface area contributed by atoms with Crippen molar-refractivity contribution >= 4 is 22.4 Å². The van der Waals surface area contributed by atoms with E-state index in [9.17, 15) is 0 Å².